The van der Waals surface area contributed by atoms with Crippen molar-refractivity contribution in [1.82, 2.24) is 0 Å². The number of benzene rings is 1. The smallest absolute Gasteiger partial charge is 0.221 e. The van der Waals surface area contributed by atoms with Gasteiger partial charge in [-0.25, -0.2) is 0 Å². The second-order valence-electron chi connectivity index (χ2n) is 4.00. The Morgan fingerprint density at radius 3 is 2.41 bits per heavy atom. The summed E-state index contributed by atoms with van der Waals surface area (Å²) >= 11 is 0. The number of hydrogen-bond acceptors (Lipinski definition) is 2. The van der Waals surface area contributed by atoms with Gasteiger partial charge >= 0.3 is 0 Å². The zero-order chi connectivity index (χ0) is 13.5. The van der Waals surface area contributed by atoms with Crippen molar-refractivity contribution < 1.29 is 4.79 Å². The molecule has 0 saturated carbocycles. The second kappa shape index (κ2) is 6.70. The van der Waals surface area contributed by atoms with Gasteiger partial charge in [0.1, 0.15) is 0 Å². The van der Waals surface area contributed by atoms with Crippen LogP contribution in [0.25, 0.3) is 0 Å². The van der Waals surface area contributed by atoms with Crippen LogP contribution < -0.4 is 5.32 Å². The van der Waals surface area contributed by atoms with Crippen LogP contribution in [0.1, 0.15) is 40.2 Å². The highest BCUT2D eigenvalue weighted by molar-refractivity contribution is 5.88. The van der Waals surface area contributed by atoms with E-state index in [4.69, 9.17) is 5.26 Å². The Kier molecular flexibility index (Phi) is 5.98. The lowest BCUT2D eigenvalue weighted by Gasteiger charge is -2.16. The molecule has 0 aliphatic heterocycles. The summed E-state index contributed by atoms with van der Waals surface area (Å²) in [6.07, 6.45) is 0. The molecule has 0 aromatic heterocycles. The Morgan fingerprint density at radius 1 is 1.35 bits per heavy atom. The third-order valence-electron chi connectivity index (χ3n) is 2.18. The number of carbonyl (C=O) groups is 1. The number of hydrogen-bond donors (Lipinski definition) is 1. The number of rotatable bonds is 2. The number of amides is 1. The summed E-state index contributed by atoms with van der Waals surface area (Å²) in [6, 6.07) is 9.57. The van der Waals surface area contributed by atoms with E-state index in [1.807, 2.05) is 45.9 Å². The number of nitriles is 1. The molecule has 1 aromatic rings. The van der Waals surface area contributed by atoms with E-state index in [2.05, 4.69) is 11.4 Å². The van der Waals surface area contributed by atoms with Gasteiger partial charge in [0, 0.05) is 12.6 Å². The molecule has 3 nitrogen and oxygen atoms in total. The first-order valence-corrected chi connectivity index (χ1v) is 5.75. The Bertz CT molecular complexity index is 416. The lowest BCUT2D eigenvalue weighted by Crippen LogP contribution is -2.14. The molecule has 0 fully saturated rings. The summed E-state index contributed by atoms with van der Waals surface area (Å²) in [4.78, 5) is 10.9. The Labute approximate surface area is 103 Å². The monoisotopic (exact) mass is 232 g/mol. The molecule has 1 rings (SSSR count). The molecule has 1 N–H and O–H groups in total. The largest absolute Gasteiger partial charge is 0.326 e. The average Bonchev–Trinajstić information content (AvgIpc) is 2.31. The van der Waals surface area contributed by atoms with Crippen LogP contribution in [0.15, 0.2) is 24.3 Å². The zero-order valence-electron chi connectivity index (χ0n) is 11.2. The van der Waals surface area contributed by atoms with Gasteiger partial charge in [0.05, 0.1) is 11.5 Å². The van der Waals surface area contributed by atoms with E-state index >= 15 is 0 Å². The first kappa shape index (κ1) is 15.2. The molecule has 0 heterocycles. The fraction of sp³-hybridized carbons (Fsp3) is 0.429. The van der Waals surface area contributed by atoms with Crippen molar-refractivity contribution >= 4 is 11.6 Å². The van der Waals surface area contributed by atoms with Crippen molar-refractivity contribution in [3.63, 3.8) is 0 Å². The van der Waals surface area contributed by atoms with Crippen LogP contribution >= 0.6 is 0 Å². The molecule has 1 aromatic carbocycles. The summed E-state index contributed by atoms with van der Waals surface area (Å²) in [5.74, 6) is -0.109. The normalized spacial score (nSPS) is 9.65. The molecule has 0 unspecified atom stereocenters. The minimum Gasteiger partial charge on any atom is -0.326 e. The van der Waals surface area contributed by atoms with E-state index in [0.29, 0.717) is 0 Å². The quantitative estimate of drug-likeness (QED) is 0.848. The zero-order valence-corrected chi connectivity index (χ0v) is 11.2. The van der Waals surface area contributed by atoms with Gasteiger partial charge in [-0.05, 0) is 31.5 Å². The molecule has 17 heavy (non-hydrogen) atoms. The van der Waals surface area contributed by atoms with E-state index < -0.39 is 5.41 Å². The first-order chi connectivity index (χ1) is 7.95. The number of anilines is 1. The first-order valence-electron chi connectivity index (χ1n) is 5.75. The predicted molar refractivity (Wildman–Crippen MR) is 70.7 cm³/mol. The lowest BCUT2D eigenvalue weighted by molar-refractivity contribution is -0.114. The number of nitrogens with zero attached hydrogens (tertiary/aromatic N) is 1. The van der Waals surface area contributed by atoms with Crippen LogP contribution in [-0.4, -0.2) is 5.91 Å². The van der Waals surface area contributed by atoms with Crippen LogP contribution in [0.5, 0.6) is 0 Å². The summed E-state index contributed by atoms with van der Waals surface area (Å²) in [5, 5.41) is 11.7. The highest BCUT2D eigenvalue weighted by atomic mass is 16.1. The van der Waals surface area contributed by atoms with Gasteiger partial charge in [-0.3, -0.25) is 4.79 Å². The predicted octanol–water partition coefficient (Wildman–Crippen LogP) is 3.47. The molecule has 3 heteroatoms. The maximum atomic E-state index is 10.9. The number of nitrogens with one attached hydrogen (secondary N) is 1. The molecule has 0 aliphatic rings. The van der Waals surface area contributed by atoms with Crippen molar-refractivity contribution in [2.75, 3.05) is 5.32 Å². The molecular weight excluding hydrogens is 212 g/mol. The fourth-order valence-corrected chi connectivity index (χ4v) is 1.25. The molecule has 0 radical (unpaired) electrons. The molecule has 0 bridgehead atoms. The second-order valence-corrected chi connectivity index (χ2v) is 4.00. The molecule has 0 atom stereocenters. The molecule has 0 saturated heterocycles. The van der Waals surface area contributed by atoms with Gasteiger partial charge in [-0.2, -0.15) is 5.26 Å². The molecule has 0 aliphatic carbocycles. The van der Waals surface area contributed by atoms with Crippen molar-refractivity contribution in [2.45, 2.75) is 40.0 Å². The van der Waals surface area contributed by atoms with Crippen molar-refractivity contribution in [3.05, 3.63) is 29.8 Å². The average molecular weight is 232 g/mol. The van der Waals surface area contributed by atoms with E-state index in [1.165, 1.54) is 6.92 Å². The van der Waals surface area contributed by atoms with Crippen LogP contribution in [0.3, 0.4) is 0 Å². The van der Waals surface area contributed by atoms with Crippen molar-refractivity contribution in [2.24, 2.45) is 0 Å². The van der Waals surface area contributed by atoms with Crippen LogP contribution in [0, 0.1) is 11.3 Å². The van der Waals surface area contributed by atoms with Gasteiger partial charge in [0.2, 0.25) is 5.91 Å². The topological polar surface area (TPSA) is 52.9 Å². The molecule has 0 spiro atoms. The van der Waals surface area contributed by atoms with Crippen molar-refractivity contribution in [3.8, 4) is 6.07 Å². The fourth-order valence-electron chi connectivity index (χ4n) is 1.25. The molecule has 1 amide bonds. The maximum Gasteiger partial charge on any atom is 0.221 e. The number of carbonyl (C=O) groups excluding carboxylic acids is 1. The minimum atomic E-state index is -0.533. The minimum absolute atomic E-state index is 0.109. The van der Waals surface area contributed by atoms with Gasteiger partial charge in [0.25, 0.3) is 0 Å². The standard InChI is InChI=1S/C12H14N2O.C2H6/c1-9(15)14-11-6-4-5-10(7-11)12(2,3)8-13;1-2/h4-7H,1-3H3,(H,14,15);1-2H3. The third-order valence-corrected chi connectivity index (χ3v) is 2.18. The molecular formula is C14H20N2O. The van der Waals surface area contributed by atoms with E-state index in [0.717, 1.165) is 11.3 Å². The van der Waals surface area contributed by atoms with Crippen LogP contribution in [0.4, 0.5) is 5.69 Å². The van der Waals surface area contributed by atoms with Crippen molar-refractivity contribution in [1.29, 1.82) is 5.26 Å². The Hall–Kier alpha value is -1.82. The summed E-state index contributed by atoms with van der Waals surface area (Å²) in [6.45, 7) is 9.15. The maximum absolute atomic E-state index is 10.9. The van der Waals surface area contributed by atoms with Gasteiger partial charge in [0.15, 0.2) is 0 Å². The molecule has 92 valence electrons. The Balaban J connectivity index is 0.00000121. The SMILES string of the molecule is CC.CC(=O)Nc1cccc(C(C)(C)C#N)c1. The van der Waals surface area contributed by atoms with Crippen LogP contribution in [0.2, 0.25) is 0 Å². The third kappa shape index (κ3) is 4.69. The van der Waals surface area contributed by atoms with Crippen LogP contribution in [-0.2, 0) is 10.2 Å². The van der Waals surface area contributed by atoms with Gasteiger partial charge in [-0.1, -0.05) is 26.0 Å². The lowest BCUT2D eigenvalue weighted by atomic mass is 9.86. The van der Waals surface area contributed by atoms with Gasteiger partial charge < -0.3 is 5.32 Å². The summed E-state index contributed by atoms with van der Waals surface area (Å²) in [5.41, 5.74) is 1.09. The van der Waals surface area contributed by atoms with E-state index in [9.17, 15) is 4.79 Å². The van der Waals surface area contributed by atoms with Gasteiger partial charge in [-0.15, -0.1) is 0 Å². The Morgan fingerprint density at radius 2 is 1.94 bits per heavy atom. The summed E-state index contributed by atoms with van der Waals surface area (Å²) < 4.78 is 0. The highest BCUT2D eigenvalue weighted by Crippen LogP contribution is 2.24. The summed E-state index contributed by atoms with van der Waals surface area (Å²) in [7, 11) is 0. The highest BCUT2D eigenvalue weighted by Gasteiger charge is 2.19. The van der Waals surface area contributed by atoms with E-state index in [-0.39, 0.29) is 5.91 Å². The van der Waals surface area contributed by atoms with E-state index in [1.54, 1.807) is 6.07 Å².